The Morgan fingerprint density at radius 1 is 1.20 bits per heavy atom. The van der Waals surface area contributed by atoms with Crippen LogP contribution in [0.2, 0.25) is 0 Å². The average molecular weight is 419 g/mol. The lowest BCUT2D eigenvalue weighted by Gasteiger charge is -2.08. The van der Waals surface area contributed by atoms with Crippen LogP contribution >= 0.6 is 0 Å². The van der Waals surface area contributed by atoms with E-state index in [9.17, 15) is 14.7 Å². The Morgan fingerprint density at radius 3 is 2.53 bits per heavy atom. The SMILES string of the molecule is Cn1c(C(=O)NCCOCCOCCOCCN=[N+]=[N-])cc2c(C=O)ccc(O)c21. The van der Waals surface area contributed by atoms with Crippen LogP contribution in [0.1, 0.15) is 20.8 Å². The lowest BCUT2D eigenvalue weighted by Crippen LogP contribution is -2.29. The Labute approximate surface area is 173 Å². The first kappa shape index (κ1) is 23.2. The van der Waals surface area contributed by atoms with E-state index in [4.69, 9.17) is 19.7 Å². The van der Waals surface area contributed by atoms with Crippen molar-refractivity contribution in [3.8, 4) is 5.75 Å². The molecule has 0 unspecified atom stereocenters. The smallest absolute Gasteiger partial charge is 0.268 e. The topological polar surface area (TPSA) is 148 Å². The molecule has 162 valence electrons. The highest BCUT2D eigenvalue weighted by Crippen LogP contribution is 2.29. The van der Waals surface area contributed by atoms with Crippen molar-refractivity contribution in [3.05, 3.63) is 39.9 Å². The minimum absolute atomic E-state index is 0.00144. The number of carbonyl (C=O) groups excluding carboxylic acids is 2. The molecular weight excluding hydrogens is 394 g/mol. The van der Waals surface area contributed by atoms with Crippen LogP contribution in [0.25, 0.3) is 21.3 Å². The first-order valence-corrected chi connectivity index (χ1v) is 9.39. The van der Waals surface area contributed by atoms with Crippen molar-refractivity contribution in [2.45, 2.75) is 0 Å². The number of phenols is 1. The van der Waals surface area contributed by atoms with Gasteiger partial charge in [0.05, 0.1) is 45.2 Å². The Bertz CT molecular complexity index is 906. The molecule has 0 atom stereocenters. The molecule has 0 fully saturated rings. The molecule has 1 amide bonds. The second-order valence-electron chi connectivity index (χ2n) is 6.19. The number of ether oxygens (including phenoxy) is 3. The van der Waals surface area contributed by atoms with E-state index in [-0.39, 0.29) is 11.7 Å². The van der Waals surface area contributed by atoms with E-state index >= 15 is 0 Å². The number of hydrogen-bond donors (Lipinski definition) is 2. The van der Waals surface area contributed by atoms with E-state index in [1.165, 1.54) is 12.1 Å². The number of nitrogens with one attached hydrogen (secondary N) is 1. The lowest BCUT2D eigenvalue weighted by atomic mass is 10.1. The Morgan fingerprint density at radius 2 is 1.87 bits per heavy atom. The van der Waals surface area contributed by atoms with Gasteiger partial charge in [0.25, 0.3) is 5.91 Å². The summed E-state index contributed by atoms with van der Waals surface area (Å²) in [6.45, 7) is 2.85. The van der Waals surface area contributed by atoms with E-state index in [0.717, 1.165) is 0 Å². The molecule has 0 bridgehead atoms. The molecule has 0 radical (unpaired) electrons. The summed E-state index contributed by atoms with van der Waals surface area (Å²) in [7, 11) is 1.65. The summed E-state index contributed by atoms with van der Waals surface area (Å²) in [5.41, 5.74) is 9.27. The monoisotopic (exact) mass is 419 g/mol. The number of carbonyl (C=O) groups is 2. The van der Waals surface area contributed by atoms with E-state index in [1.54, 1.807) is 17.7 Å². The summed E-state index contributed by atoms with van der Waals surface area (Å²) in [5.74, 6) is -0.329. The van der Waals surface area contributed by atoms with Gasteiger partial charge in [0, 0.05) is 36.0 Å². The van der Waals surface area contributed by atoms with Gasteiger partial charge in [0.15, 0.2) is 6.29 Å². The Balaban J connectivity index is 1.65. The summed E-state index contributed by atoms with van der Waals surface area (Å²) in [4.78, 5) is 26.2. The van der Waals surface area contributed by atoms with E-state index in [0.29, 0.717) is 81.2 Å². The minimum Gasteiger partial charge on any atom is -0.506 e. The van der Waals surface area contributed by atoms with Gasteiger partial charge in [-0.05, 0) is 23.7 Å². The second kappa shape index (κ2) is 12.5. The summed E-state index contributed by atoms with van der Waals surface area (Å²) >= 11 is 0. The fourth-order valence-corrected chi connectivity index (χ4v) is 2.81. The van der Waals surface area contributed by atoms with Gasteiger partial charge < -0.3 is 29.2 Å². The quantitative estimate of drug-likeness (QED) is 0.157. The zero-order valence-corrected chi connectivity index (χ0v) is 16.7. The molecule has 0 aliphatic rings. The third-order valence-electron chi connectivity index (χ3n) is 4.24. The summed E-state index contributed by atoms with van der Waals surface area (Å²) < 4.78 is 17.5. The predicted octanol–water partition coefficient (Wildman–Crippen LogP) is 1.79. The first-order valence-electron chi connectivity index (χ1n) is 9.39. The molecule has 0 saturated carbocycles. The summed E-state index contributed by atoms with van der Waals surface area (Å²) in [6, 6.07) is 4.52. The van der Waals surface area contributed by atoms with Gasteiger partial charge in [0.2, 0.25) is 0 Å². The fourth-order valence-electron chi connectivity index (χ4n) is 2.81. The van der Waals surface area contributed by atoms with Crippen molar-refractivity contribution in [1.82, 2.24) is 9.88 Å². The molecule has 0 aliphatic carbocycles. The maximum atomic E-state index is 12.4. The van der Waals surface area contributed by atoms with Gasteiger partial charge in [0.1, 0.15) is 11.4 Å². The van der Waals surface area contributed by atoms with Crippen molar-refractivity contribution in [3.63, 3.8) is 0 Å². The Hall–Kier alpha value is -3.11. The maximum absolute atomic E-state index is 12.4. The number of phenolic OH excluding ortho intramolecular Hbond substituents is 1. The summed E-state index contributed by atoms with van der Waals surface area (Å²) in [5, 5.41) is 16.7. The second-order valence-corrected chi connectivity index (χ2v) is 6.19. The largest absolute Gasteiger partial charge is 0.506 e. The van der Waals surface area contributed by atoms with Crippen LogP contribution in [0.3, 0.4) is 0 Å². The molecule has 1 aromatic carbocycles. The number of aromatic hydroxyl groups is 1. The molecule has 2 aromatic rings. The minimum atomic E-state index is -0.331. The number of aldehydes is 1. The number of amides is 1. The summed E-state index contributed by atoms with van der Waals surface area (Å²) in [6.07, 6.45) is 0.689. The van der Waals surface area contributed by atoms with Crippen LogP contribution in [0, 0.1) is 0 Å². The normalized spacial score (nSPS) is 10.7. The third kappa shape index (κ3) is 6.46. The zero-order valence-electron chi connectivity index (χ0n) is 16.7. The van der Waals surface area contributed by atoms with Crippen molar-refractivity contribution < 1.29 is 28.9 Å². The molecule has 1 aromatic heterocycles. The average Bonchev–Trinajstić information content (AvgIpc) is 3.10. The molecule has 0 spiro atoms. The van der Waals surface area contributed by atoms with Gasteiger partial charge in [-0.1, -0.05) is 5.11 Å². The molecule has 2 N–H and O–H groups in total. The maximum Gasteiger partial charge on any atom is 0.268 e. The number of fused-ring (bicyclic) bond motifs is 1. The molecule has 11 heteroatoms. The van der Waals surface area contributed by atoms with Crippen LogP contribution in [0.5, 0.6) is 5.75 Å². The van der Waals surface area contributed by atoms with Crippen molar-refractivity contribution >= 4 is 23.1 Å². The van der Waals surface area contributed by atoms with E-state index in [2.05, 4.69) is 15.3 Å². The van der Waals surface area contributed by atoms with Crippen LogP contribution in [0.15, 0.2) is 23.3 Å². The molecule has 2 rings (SSSR count). The van der Waals surface area contributed by atoms with Crippen molar-refractivity contribution in [2.24, 2.45) is 12.2 Å². The number of aromatic nitrogens is 1. The molecule has 0 saturated heterocycles. The number of aryl methyl sites for hydroxylation is 1. The standard InChI is InChI=1S/C19H25N5O6/c1-24-16(12-15-14(13-25)2-3-17(26)18(15)24)19(27)21-4-6-28-8-10-30-11-9-29-7-5-22-23-20/h2-3,12-13,26H,4-11H2,1H3,(H,21,27). The lowest BCUT2D eigenvalue weighted by molar-refractivity contribution is 0.0166. The molecule has 0 aliphatic heterocycles. The zero-order chi connectivity index (χ0) is 21.8. The van der Waals surface area contributed by atoms with Crippen LogP contribution in [-0.4, -0.2) is 74.6 Å². The van der Waals surface area contributed by atoms with Crippen LogP contribution in [0.4, 0.5) is 0 Å². The van der Waals surface area contributed by atoms with E-state index < -0.39 is 0 Å². The van der Waals surface area contributed by atoms with Crippen LogP contribution in [-0.2, 0) is 21.3 Å². The number of nitrogens with zero attached hydrogens (tertiary/aromatic N) is 4. The van der Waals surface area contributed by atoms with Crippen molar-refractivity contribution in [1.29, 1.82) is 0 Å². The number of benzene rings is 1. The van der Waals surface area contributed by atoms with Gasteiger partial charge in [-0.2, -0.15) is 0 Å². The van der Waals surface area contributed by atoms with Crippen LogP contribution < -0.4 is 5.32 Å². The van der Waals surface area contributed by atoms with Gasteiger partial charge in [-0.3, -0.25) is 9.59 Å². The molecule has 30 heavy (non-hydrogen) atoms. The van der Waals surface area contributed by atoms with Gasteiger partial charge in [-0.25, -0.2) is 0 Å². The van der Waals surface area contributed by atoms with E-state index in [1.807, 2.05) is 0 Å². The third-order valence-corrected chi connectivity index (χ3v) is 4.24. The number of hydrogen-bond acceptors (Lipinski definition) is 7. The Kier molecular flexibility index (Phi) is 9.62. The van der Waals surface area contributed by atoms with Gasteiger partial charge in [-0.15, -0.1) is 0 Å². The molecular formula is C19H25N5O6. The predicted molar refractivity (Wildman–Crippen MR) is 109 cm³/mol. The highest BCUT2D eigenvalue weighted by molar-refractivity contribution is 6.05. The van der Waals surface area contributed by atoms with Gasteiger partial charge >= 0.3 is 0 Å². The first-order chi connectivity index (χ1) is 14.6. The number of rotatable bonds is 14. The molecule has 1 heterocycles. The molecule has 11 nitrogen and oxygen atoms in total. The fraction of sp³-hybridized carbons (Fsp3) is 0.474. The highest BCUT2D eigenvalue weighted by Gasteiger charge is 2.17. The van der Waals surface area contributed by atoms with Crippen molar-refractivity contribution in [2.75, 3.05) is 52.7 Å². The number of azide groups is 1. The highest BCUT2D eigenvalue weighted by atomic mass is 16.5.